The molecule has 2 aromatic carbocycles. The number of benzene rings is 2. The minimum absolute atomic E-state index is 0.270. The molecule has 0 radical (unpaired) electrons. The third kappa shape index (κ3) is 4.49. The number of hydrogen-bond acceptors (Lipinski definition) is 5. The summed E-state index contributed by atoms with van der Waals surface area (Å²) < 4.78 is 5.28. The first-order valence-electron chi connectivity index (χ1n) is 7.91. The van der Waals surface area contributed by atoms with Crippen LogP contribution in [0, 0.1) is 0 Å². The summed E-state index contributed by atoms with van der Waals surface area (Å²) in [6.45, 7) is 0.340. The van der Waals surface area contributed by atoms with E-state index in [1.165, 1.54) is 6.20 Å². The van der Waals surface area contributed by atoms with E-state index in [0.29, 0.717) is 17.5 Å². The first-order chi connectivity index (χ1) is 12.7. The van der Waals surface area contributed by atoms with Crippen LogP contribution in [0.5, 0.6) is 5.75 Å². The highest BCUT2D eigenvalue weighted by atomic mass is 35.5. The van der Waals surface area contributed by atoms with Gasteiger partial charge in [0.05, 0.1) is 7.11 Å². The number of carbonyl (C=O) groups is 1. The third-order valence-electron chi connectivity index (χ3n) is 3.62. The number of amides is 1. The predicted molar refractivity (Wildman–Crippen MR) is 101 cm³/mol. The maximum atomic E-state index is 12.4. The smallest absolute Gasteiger partial charge is 0.270 e. The summed E-state index contributed by atoms with van der Waals surface area (Å²) in [5.74, 6) is 0.760. The number of nitrogens with one attached hydrogen (secondary N) is 2. The molecular weight excluding hydrogens is 352 g/mol. The van der Waals surface area contributed by atoms with Crippen molar-refractivity contribution in [1.82, 2.24) is 15.3 Å². The van der Waals surface area contributed by atoms with Gasteiger partial charge in [-0.2, -0.15) is 0 Å². The molecular formula is C19H17ClN4O2. The molecule has 6 nitrogen and oxygen atoms in total. The molecule has 1 aromatic heterocycles. The first kappa shape index (κ1) is 17.7. The van der Waals surface area contributed by atoms with Crippen LogP contribution in [-0.2, 0) is 6.54 Å². The Labute approximate surface area is 156 Å². The predicted octanol–water partition coefficient (Wildman–Crippen LogP) is 3.81. The number of ether oxygens (including phenoxy) is 1. The largest absolute Gasteiger partial charge is 0.496 e. The Morgan fingerprint density at radius 3 is 2.65 bits per heavy atom. The number of hydrogen-bond donors (Lipinski definition) is 2. The molecule has 0 aliphatic heterocycles. The summed E-state index contributed by atoms with van der Waals surface area (Å²) >= 11 is 5.87. The molecule has 132 valence electrons. The van der Waals surface area contributed by atoms with Crippen molar-refractivity contribution in [2.24, 2.45) is 0 Å². The molecule has 0 aliphatic rings. The summed E-state index contributed by atoms with van der Waals surface area (Å²) in [7, 11) is 1.60. The normalized spacial score (nSPS) is 10.2. The van der Waals surface area contributed by atoms with E-state index in [0.717, 1.165) is 17.0 Å². The highest BCUT2D eigenvalue weighted by molar-refractivity contribution is 6.30. The van der Waals surface area contributed by atoms with Gasteiger partial charge in [0.15, 0.2) is 0 Å². The van der Waals surface area contributed by atoms with Gasteiger partial charge in [0, 0.05) is 29.0 Å². The number of rotatable bonds is 6. The van der Waals surface area contributed by atoms with Crippen molar-refractivity contribution in [2.75, 3.05) is 12.4 Å². The van der Waals surface area contributed by atoms with Crippen molar-refractivity contribution in [2.45, 2.75) is 6.54 Å². The monoisotopic (exact) mass is 368 g/mol. The van der Waals surface area contributed by atoms with Crippen LogP contribution in [0.15, 0.2) is 60.8 Å². The van der Waals surface area contributed by atoms with Crippen LogP contribution in [0.2, 0.25) is 5.02 Å². The standard InChI is InChI=1S/C19H17ClN4O2/c1-26-17-5-3-2-4-13(17)12-22-18(25)16-10-11-21-19(24-16)23-15-8-6-14(20)7-9-15/h2-11H,12H2,1H3,(H,22,25)(H,21,23,24). The van der Waals surface area contributed by atoms with Gasteiger partial charge >= 0.3 is 0 Å². The van der Waals surface area contributed by atoms with Crippen LogP contribution in [-0.4, -0.2) is 23.0 Å². The van der Waals surface area contributed by atoms with Gasteiger partial charge in [-0.25, -0.2) is 9.97 Å². The van der Waals surface area contributed by atoms with Gasteiger partial charge in [-0.3, -0.25) is 4.79 Å². The summed E-state index contributed by atoms with van der Waals surface area (Å²) in [4.78, 5) is 20.8. The molecule has 0 saturated carbocycles. The zero-order valence-electron chi connectivity index (χ0n) is 14.1. The number of methoxy groups -OCH3 is 1. The number of para-hydroxylation sites is 1. The highest BCUT2D eigenvalue weighted by Gasteiger charge is 2.10. The van der Waals surface area contributed by atoms with E-state index in [1.54, 1.807) is 37.4 Å². The summed E-state index contributed by atoms with van der Waals surface area (Å²) in [5, 5.41) is 6.51. The molecule has 0 bridgehead atoms. The van der Waals surface area contributed by atoms with Gasteiger partial charge in [0.1, 0.15) is 11.4 Å². The van der Waals surface area contributed by atoms with E-state index in [4.69, 9.17) is 16.3 Å². The Hall–Kier alpha value is -3.12. The average Bonchev–Trinajstić information content (AvgIpc) is 2.68. The summed E-state index contributed by atoms with van der Waals surface area (Å²) in [6, 6.07) is 16.2. The van der Waals surface area contributed by atoms with E-state index < -0.39 is 0 Å². The lowest BCUT2D eigenvalue weighted by Crippen LogP contribution is -2.24. The molecule has 3 aromatic rings. The fourth-order valence-corrected chi connectivity index (χ4v) is 2.45. The Bertz CT molecular complexity index is 900. The van der Waals surface area contributed by atoms with Crippen molar-refractivity contribution in [1.29, 1.82) is 0 Å². The van der Waals surface area contributed by atoms with Gasteiger partial charge in [-0.1, -0.05) is 29.8 Å². The molecule has 1 heterocycles. The molecule has 0 unspecified atom stereocenters. The summed E-state index contributed by atoms with van der Waals surface area (Å²) in [5.41, 5.74) is 1.93. The van der Waals surface area contributed by atoms with Gasteiger partial charge in [-0.15, -0.1) is 0 Å². The van der Waals surface area contributed by atoms with Gasteiger partial charge in [0.2, 0.25) is 5.95 Å². The number of carbonyl (C=O) groups excluding carboxylic acids is 1. The molecule has 7 heteroatoms. The van der Waals surface area contributed by atoms with Crippen molar-refractivity contribution in [3.63, 3.8) is 0 Å². The molecule has 26 heavy (non-hydrogen) atoms. The fraction of sp³-hybridized carbons (Fsp3) is 0.105. The second-order valence-electron chi connectivity index (χ2n) is 5.39. The number of aromatic nitrogens is 2. The van der Waals surface area contributed by atoms with Crippen LogP contribution in [0.3, 0.4) is 0 Å². The third-order valence-corrected chi connectivity index (χ3v) is 3.87. The van der Waals surface area contributed by atoms with Crippen LogP contribution in [0.4, 0.5) is 11.6 Å². The van der Waals surface area contributed by atoms with Crippen LogP contribution < -0.4 is 15.4 Å². The Morgan fingerprint density at radius 2 is 1.88 bits per heavy atom. The topological polar surface area (TPSA) is 76.1 Å². The maximum Gasteiger partial charge on any atom is 0.270 e. The maximum absolute atomic E-state index is 12.4. The van der Waals surface area contributed by atoms with E-state index in [1.807, 2.05) is 24.3 Å². The lowest BCUT2D eigenvalue weighted by Gasteiger charge is -2.10. The minimum Gasteiger partial charge on any atom is -0.496 e. The SMILES string of the molecule is COc1ccccc1CNC(=O)c1ccnc(Nc2ccc(Cl)cc2)n1. The van der Waals surface area contributed by atoms with Gasteiger partial charge < -0.3 is 15.4 Å². The molecule has 3 rings (SSSR count). The number of halogens is 1. The van der Waals surface area contributed by atoms with Crippen LogP contribution in [0.1, 0.15) is 16.1 Å². The zero-order chi connectivity index (χ0) is 18.4. The molecule has 0 aliphatic carbocycles. The van der Waals surface area contributed by atoms with Gasteiger partial charge in [0.25, 0.3) is 5.91 Å². The average molecular weight is 369 g/mol. The lowest BCUT2D eigenvalue weighted by molar-refractivity contribution is 0.0945. The van der Waals surface area contributed by atoms with E-state index in [-0.39, 0.29) is 11.6 Å². The minimum atomic E-state index is -0.294. The quantitative estimate of drug-likeness (QED) is 0.691. The Kier molecular flexibility index (Phi) is 5.66. The molecule has 0 spiro atoms. The van der Waals surface area contributed by atoms with Crippen molar-refractivity contribution < 1.29 is 9.53 Å². The second kappa shape index (κ2) is 8.31. The molecule has 2 N–H and O–H groups in total. The van der Waals surface area contributed by atoms with E-state index in [2.05, 4.69) is 20.6 Å². The van der Waals surface area contributed by atoms with Crippen molar-refractivity contribution in [3.05, 3.63) is 77.1 Å². The first-order valence-corrected chi connectivity index (χ1v) is 8.29. The molecule has 0 atom stereocenters. The van der Waals surface area contributed by atoms with Gasteiger partial charge in [-0.05, 0) is 36.4 Å². The lowest BCUT2D eigenvalue weighted by atomic mass is 10.2. The van der Waals surface area contributed by atoms with Crippen LogP contribution >= 0.6 is 11.6 Å². The van der Waals surface area contributed by atoms with Crippen molar-refractivity contribution >= 4 is 29.1 Å². The molecule has 1 amide bonds. The second-order valence-corrected chi connectivity index (χ2v) is 5.83. The number of nitrogens with zero attached hydrogens (tertiary/aromatic N) is 2. The number of anilines is 2. The fourth-order valence-electron chi connectivity index (χ4n) is 2.32. The Morgan fingerprint density at radius 1 is 1.12 bits per heavy atom. The van der Waals surface area contributed by atoms with Crippen molar-refractivity contribution in [3.8, 4) is 5.75 Å². The Balaban J connectivity index is 1.67. The van der Waals surface area contributed by atoms with Crippen LogP contribution in [0.25, 0.3) is 0 Å². The molecule has 0 saturated heterocycles. The molecule has 0 fully saturated rings. The highest BCUT2D eigenvalue weighted by Crippen LogP contribution is 2.18. The van der Waals surface area contributed by atoms with E-state index in [9.17, 15) is 4.79 Å². The van der Waals surface area contributed by atoms with E-state index >= 15 is 0 Å². The summed E-state index contributed by atoms with van der Waals surface area (Å²) in [6.07, 6.45) is 1.53. The zero-order valence-corrected chi connectivity index (χ0v) is 14.8.